The summed E-state index contributed by atoms with van der Waals surface area (Å²) < 4.78 is 0. The van der Waals surface area contributed by atoms with Crippen molar-refractivity contribution in [1.29, 1.82) is 0 Å². The summed E-state index contributed by atoms with van der Waals surface area (Å²) in [7, 11) is 0. The van der Waals surface area contributed by atoms with Gasteiger partial charge >= 0.3 is 0 Å². The number of nitrogens with two attached hydrogens (primary N) is 1. The molecule has 0 bridgehead atoms. The molecular weight excluding hydrogens is 194 g/mol. The summed E-state index contributed by atoms with van der Waals surface area (Å²) in [5.41, 5.74) is 8.50. The fraction of sp³-hybridized carbons (Fsp3) is 0. The van der Waals surface area contributed by atoms with Gasteiger partial charge < -0.3 is 5.73 Å². The van der Waals surface area contributed by atoms with Gasteiger partial charge in [0.1, 0.15) is 0 Å². The van der Waals surface area contributed by atoms with Crippen LogP contribution in [0.5, 0.6) is 0 Å². The molecule has 0 aliphatic rings. The van der Waals surface area contributed by atoms with E-state index < -0.39 is 0 Å². The summed E-state index contributed by atoms with van der Waals surface area (Å²) in [4.78, 5) is 11.2. The molecule has 0 unspecified atom stereocenters. The largest absolute Gasteiger partial charge is 0.399 e. The van der Waals surface area contributed by atoms with Crippen LogP contribution in [0, 0.1) is 0 Å². The van der Waals surface area contributed by atoms with Gasteiger partial charge in [-0.25, -0.2) is 0 Å². The zero-order valence-electron chi connectivity index (χ0n) is 7.44. The number of carbonyl (C=O) groups excluding carboxylic acids is 1. The van der Waals surface area contributed by atoms with E-state index >= 15 is 0 Å². The van der Waals surface area contributed by atoms with E-state index in [1.807, 2.05) is 35.7 Å². The summed E-state index contributed by atoms with van der Waals surface area (Å²) >= 11 is 1.44. The minimum absolute atomic E-state index is 0.737. The minimum atomic E-state index is 0.737. The van der Waals surface area contributed by atoms with Crippen LogP contribution < -0.4 is 5.73 Å². The Morgan fingerprint density at radius 2 is 2.07 bits per heavy atom. The van der Waals surface area contributed by atoms with E-state index in [9.17, 15) is 4.79 Å². The number of aldehydes is 1. The number of nitrogen functional groups attached to an aromatic ring is 1. The smallest absolute Gasteiger partial charge is 0.160 e. The van der Waals surface area contributed by atoms with Crippen LogP contribution >= 0.6 is 11.3 Å². The van der Waals surface area contributed by atoms with Gasteiger partial charge in [0.25, 0.3) is 0 Å². The molecule has 2 nitrogen and oxygen atoms in total. The van der Waals surface area contributed by atoms with Gasteiger partial charge in [-0.1, -0.05) is 12.1 Å². The Balaban J connectivity index is 2.43. The van der Waals surface area contributed by atoms with Crippen LogP contribution in [0.4, 0.5) is 5.69 Å². The van der Waals surface area contributed by atoms with E-state index in [0.717, 1.165) is 28.0 Å². The van der Waals surface area contributed by atoms with Gasteiger partial charge in [-0.05, 0) is 34.7 Å². The highest BCUT2D eigenvalue weighted by Crippen LogP contribution is 2.25. The van der Waals surface area contributed by atoms with Gasteiger partial charge in [0, 0.05) is 5.69 Å². The van der Waals surface area contributed by atoms with Crippen molar-refractivity contribution >= 4 is 23.3 Å². The number of hydrogen-bond acceptors (Lipinski definition) is 3. The lowest BCUT2D eigenvalue weighted by Gasteiger charge is -1.98. The normalized spacial score (nSPS) is 10.0. The third-order valence-electron chi connectivity index (χ3n) is 1.96. The van der Waals surface area contributed by atoms with Gasteiger partial charge in [-0.2, -0.15) is 0 Å². The number of anilines is 1. The van der Waals surface area contributed by atoms with Crippen molar-refractivity contribution in [3.8, 4) is 11.1 Å². The zero-order chi connectivity index (χ0) is 9.97. The van der Waals surface area contributed by atoms with Crippen LogP contribution in [0.3, 0.4) is 0 Å². The van der Waals surface area contributed by atoms with Gasteiger partial charge in [0.2, 0.25) is 0 Å². The number of hydrogen-bond donors (Lipinski definition) is 1. The van der Waals surface area contributed by atoms with Crippen LogP contribution in [-0.4, -0.2) is 6.29 Å². The maximum Gasteiger partial charge on any atom is 0.160 e. The van der Waals surface area contributed by atoms with Crippen LogP contribution in [0.2, 0.25) is 0 Å². The Labute approximate surface area is 86.0 Å². The van der Waals surface area contributed by atoms with Crippen molar-refractivity contribution < 1.29 is 4.79 Å². The van der Waals surface area contributed by atoms with Crippen molar-refractivity contribution in [1.82, 2.24) is 0 Å². The first kappa shape index (κ1) is 8.97. The third kappa shape index (κ3) is 1.67. The van der Waals surface area contributed by atoms with E-state index in [-0.39, 0.29) is 0 Å². The van der Waals surface area contributed by atoms with E-state index in [1.165, 1.54) is 11.3 Å². The summed E-state index contributed by atoms with van der Waals surface area (Å²) in [5, 5.41) is 1.96. The molecule has 1 aromatic heterocycles. The Kier molecular flexibility index (Phi) is 2.33. The van der Waals surface area contributed by atoms with Crippen LogP contribution in [-0.2, 0) is 0 Å². The van der Waals surface area contributed by atoms with Gasteiger partial charge in [0.15, 0.2) is 6.29 Å². The predicted molar refractivity (Wildman–Crippen MR) is 59.6 cm³/mol. The number of benzene rings is 1. The second kappa shape index (κ2) is 3.64. The van der Waals surface area contributed by atoms with Crippen molar-refractivity contribution in [3.05, 3.63) is 40.6 Å². The minimum Gasteiger partial charge on any atom is -0.399 e. The lowest BCUT2D eigenvalue weighted by atomic mass is 10.1. The molecule has 0 saturated carbocycles. The fourth-order valence-electron chi connectivity index (χ4n) is 1.28. The molecule has 0 aliphatic heterocycles. The molecule has 0 fully saturated rings. The first-order chi connectivity index (χ1) is 6.79. The highest BCUT2D eigenvalue weighted by atomic mass is 32.1. The van der Waals surface area contributed by atoms with Crippen LogP contribution in [0.15, 0.2) is 35.7 Å². The molecule has 0 atom stereocenters. The van der Waals surface area contributed by atoms with Crippen molar-refractivity contribution in [2.24, 2.45) is 0 Å². The molecule has 2 rings (SSSR count). The monoisotopic (exact) mass is 203 g/mol. The maximum atomic E-state index is 10.5. The van der Waals surface area contributed by atoms with Crippen molar-refractivity contribution in [2.75, 3.05) is 5.73 Å². The van der Waals surface area contributed by atoms with E-state index in [0.29, 0.717) is 0 Å². The quantitative estimate of drug-likeness (QED) is 0.602. The lowest BCUT2D eigenvalue weighted by molar-refractivity contribution is 0.112. The summed E-state index contributed by atoms with van der Waals surface area (Å²) in [6, 6.07) is 9.50. The Morgan fingerprint density at radius 3 is 2.71 bits per heavy atom. The van der Waals surface area contributed by atoms with E-state index in [4.69, 9.17) is 5.73 Å². The molecule has 14 heavy (non-hydrogen) atoms. The lowest BCUT2D eigenvalue weighted by Crippen LogP contribution is -1.83. The SMILES string of the molecule is Nc1cccc(-c2csc(C=O)c2)c1. The summed E-state index contributed by atoms with van der Waals surface area (Å²) in [5.74, 6) is 0. The maximum absolute atomic E-state index is 10.5. The summed E-state index contributed by atoms with van der Waals surface area (Å²) in [6.45, 7) is 0. The molecule has 2 aromatic rings. The molecular formula is C11H9NOS. The van der Waals surface area contributed by atoms with E-state index in [2.05, 4.69) is 0 Å². The molecule has 0 aliphatic carbocycles. The van der Waals surface area contributed by atoms with Gasteiger partial charge in [0.05, 0.1) is 4.88 Å². The zero-order valence-corrected chi connectivity index (χ0v) is 8.25. The van der Waals surface area contributed by atoms with Crippen LogP contribution in [0.25, 0.3) is 11.1 Å². The molecule has 70 valence electrons. The van der Waals surface area contributed by atoms with Crippen molar-refractivity contribution in [2.45, 2.75) is 0 Å². The number of thiophene rings is 1. The first-order valence-corrected chi connectivity index (χ1v) is 5.07. The highest BCUT2D eigenvalue weighted by Gasteiger charge is 2.01. The molecule has 2 N–H and O–H groups in total. The van der Waals surface area contributed by atoms with Crippen LogP contribution in [0.1, 0.15) is 9.67 Å². The molecule has 0 saturated heterocycles. The van der Waals surface area contributed by atoms with Gasteiger partial charge in [-0.15, -0.1) is 11.3 Å². The average molecular weight is 203 g/mol. The topological polar surface area (TPSA) is 43.1 Å². The Hall–Kier alpha value is -1.61. The number of rotatable bonds is 2. The Bertz CT molecular complexity index is 462. The Morgan fingerprint density at radius 1 is 1.21 bits per heavy atom. The van der Waals surface area contributed by atoms with E-state index in [1.54, 1.807) is 0 Å². The molecule has 0 spiro atoms. The fourth-order valence-corrected chi connectivity index (χ4v) is 2.00. The molecule has 3 heteroatoms. The highest BCUT2D eigenvalue weighted by molar-refractivity contribution is 7.12. The van der Waals surface area contributed by atoms with Crippen molar-refractivity contribution in [3.63, 3.8) is 0 Å². The second-order valence-corrected chi connectivity index (χ2v) is 3.92. The number of carbonyl (C=O) groups is 1. The second-order valence-electron chi connectivity index (χ2n) is 2.98. The molecule has 1 aromatic carbocycles. The molecule has 0 radical (unpaired) electrons. The predicted octanol–water partition coefficient (Wildman–Crippen LogP) is 2.81. The summed E-state index contributed by atoms with van der Waals surface area (Å²) in [6.07, 6.45) is 0.862. The molecule has 0 amide bonds. The third-order valence-corrected chi connectivity index (χ3v) is 2.81. The van der Waals surface area contributed by atoms with Gasteiger partial charge in [-0.3, -0.25) is 4.79 Å². The first-order valence-electron chi connectivity index (χ1n) is 4.19. The molecule has 1 heterocycles. The average Bonchev–Trinajstić information content (AvgIpc) is 2.66. The standard InChI is InChI=1S/C11H9NOS/c12-10-3-1-2-8(4-10)9-5-11(6-13)14-7-9/h1-7H,12H2.